The van der Waals surface area contributed by atoms with Crippen molar-refractivity contribution in [2.75, 3.05) is 13.1 Å². The van der Waals surface area contributed by atoms with Crippen molar-refractivity contribution >= 4 is 21.8 Å². The highest BCUT2D eigenvalue weighted by atomic mass is 79.9. The zero-order valence-corrected chi connectivity index (χ0v) is 11.8. The van der Waals surface area contributed by atoms with Gasteiger partial charge in [0, 0.05) is 17.4 Å². The van der Waals surface area contributed by atoms with Gasteiger partial charge in [-0.2, -0.15) is 0 Å². The molecule has 0 aliphatic heterocycles. The fourth-order valence-electron chi connectivity index (χ4n) is 1.62. The molecule has 0 saturated carbocycles. The minimum atomic E-state index is 0.0864. The Morgan fingerprint density at radius 2 is 2.06 bits per heavy atom. The summed E-state index contributed by atoms with van der Waals surface area (Å²) in [6.07, 6.45) is 2.48. The molecule has 0 radical (unpaired) electrons. The molecule has 0 saturated heterocycles. The van der Waals surface area contributed by atoms with E-state index in [9.17, 15) is 4.79 Å². The Labute approximate surface area is 107 Å². The highest BCUT2D eigenvalue weighted by molar-refractivity contribution is 9.11. The summed E-state index contributed by atoms with van der Waals surface area (Å²) in [5, 5.41) is 2.80. The average molecular weight is 291 g/mol. The Bertz CT molecular complexity index is 229. The number of rotatable bonds is 8. The van der Waals surface area contributed by atoms with Crippen molar-refractivity contribution in [3.8, 4) is 0 Å². The van der Waals surface area contributed by atoms with Gasteiger partial charge in [-0.3, -0.25) is 4.79 Å². The number of halogens is 1. The van der Waals surface area contributed by atoms with Crippen molar-refractivity contribution in [2.24, 2.45) is 17.6 Å². The van der Waals surface area contributed by atoms with Gasteiger partial charge in [0.2, 0.25) is 5.91 Å². The maximum absolute atomic E-state index is 11.5. The predicted octanol–water partition coefficient (Wildman–Crippen LogP) is 2.41. The maximum atomic E-state index is 11.5. The van der Waals surface area contributed by atoms with Crippen LogP contribution in [0.4, 0.5) is 0 Å². The van der Waals surface area contributed by atoms with Gasteiger partial charge in [-0.05, 0) is 31.2 Å². The molecule has 0 bridgehead atoms. The molecule has 1 unspecified atom stereocenters. The first-order valence-corrected chi connectivity index (χ1v) is 6.56. The van der Waals surface area contributed by atoms with Crippen LogP contribution in [0.5, 0.6) is 0 Å². The minimum Gasteiger partial charge on any atom is -0.352 e. The summed E-state index contributed by atoms with van der Waals surface area (Å²) in [5.74, 6) is 1.22. The van der Waals surface area contributed by atoms with Gasteiger partial charge in [0.25, 0.3) is 0 Å². The van der Waals surface area contributed by atoms with E-state index in [2.05, 4.69) is 41.7 Å². The first kappa shape index (κ1) is 15.7. The second-order valence-corrected chi connectivity index (χ2v) is 5.54. The number of hydrogen-bond donors (Lipinski definition) is 2. The van der Waals surface area contributed by atoms with E-state index in [1.54, 1.807) is 0 Å². The second-order valence-electron chi connectivity index (χ2n) is 4.41. The third kappa shape index (κ3) is 7.88. The van der Waals surface area contributed by atoms with Crippen molar-refractivity contribution < 1.29 is 4.79 Å². The monoisotopic (exact) mass is 290 g/mol. The van der Waals surface area contributed by atoms with Crippen molar-refractivity contribution in [1.29, 1.82) is 0 Å². The smallest absolute Gasteiger partial charge is 0.220 e. The fourth-order valence-corrected chi connectivity index (χ4v) is 1.76. The first-order valence-electron chi connectivity index (χ1n) is 5.77. The number of amides is 1. The predicted molar refractivity (Wildman–Crippen MR) is 72.3 cm³/mol. The summed E-state index contributed by atoms with van der Waals surface area (Å²) in [4.78, 5) is 11.5. The number of hydrogen-bond acceptors (Lipinski definition) is 2. The molecule has 94 valence electrons. The summed E-state index contributed by atoms with van der Waals surface area (Å²) in [6, 6.07) is 0. The molecule has 0 rings (SSSR count). The molecule has 0 aromatic rings. The molecule has 1 amide bonds. The van der Waals surface area contributed by atoms with Gasteiger partial charge in [-0.1, -0.05) is 36.4 Å². The SMILES string of the molecule is C=C(Br)CNC(=O)CCC(CCN)C(C)C. The molecule has 4 heteroatoms. The molecule has 0 aliphatic rings. The number of nitrogens with two attached hydrogens (primary N) is 1. The van der Waals surface area contributed by atoms with E-state index in [0.29, 0.717) is 31.3 Å². The molecule has 0 aromatic carbocycles. The lowest BCUT2D eigenvalue weighted by molar-refractivity contribution is -0.121. The number of carbonyl (C=O) groups is 1. The Kier molecular flexibility index (Phi) is 8.57. The van der Waals surface area contributed by atoms with E-state index in [4.69, 9.17) is 5.73 Å². The van der Waals surface area contributed by atoms with Crippen LogP contribution in [-0.2, 0) is 4.79 Å². The Morgan fingerprint density at radius 3 is 2.50 bits per heavy atom. The van der Waals surface area contributed by atoms with E-state index >= 15 is 0 Å². The zero-order chi connectivity index (χ0) is 12.6. The minimum absolute atomic E-state index is 0.0864. The fraction of sp³-hybridized carbons (Fsp3) is 0.750. The summed E-state index contributed by atoms with van der Waals surface area (Å²) in [6.45, 7) is 9.22. The van der Waals surface area contributed by atoms with Crippen molar-refractivity contribution in [1.82, 2.24) is 5.32 Å². The molecule has 0 heterocycles. The summed E-state index contributed by atoms with van der Waals surface area (Å²) in [7, 11) is 0. The van der Waals surface area contributed by atoms with E-state index in [0.717, 1.165) is 17.3 Å². The highest BCUT2D eigenvalue weighted by Crippen LogP contribution is 2.20. The van der Waals surface area contributed by atoms with Crippen LogP contribution in [0.25, 0.3) is 0 Å². The number of nitrogens with one attached hydrogen (secondary N) is 1. The molecule has 0 fully saturated rings. The Balaban J connectivity index is 3.82. The molecule has 0 aromatic heterocycles. The highest BCUT2D eigenvalue weighted by Gasteiger charge is 2.14. The molecule has 0 spiro atoms. The lowest BCUT2D eigenvalue weighted by Gasteiger charge is -2.19. The molecular weight excluding hydrogens is 268 g/mol. The van der Waals surface area contributed by atoms with Crippen molar-refractivity contribution in [2.45, 2.75) is 33.1 Å². The second kappa shape index (κ2) is 8.76. The normalized spacial score (nSPS) is 12.6. The standard InChI is InChI=1S/C12H23BrN2O/c1-9(2)11(6-7-14)4-5-12(16)15-8-10(3)13/h9,11H,3-8,14H2,1-2H3,(H,15,16). The van der Waals surface area contributed by atoms with Gasteiger partial charge in [0.05, 0.1) is 0 Å². The Hall–Kier alpha value is -0.350. The summed E-state index contributed by atoms with van der Waals surface area (Å²) in [5.41, 5.74) is 5.55. The third-order valence-electron chi connectivity index (χ3n) is 2.70. The van der Waals surface area contributed by atoms with Crippen LogP contribution in [0.1, 0.15) is 33.1 Å². The molecule has 3 N–H and O–H groups in total. The van der Waals surface area contributed by atoms with Gasteiger partial charge in [0.15, 0.2) is 0 Å². The quantitative estimate of drug-likeness (QED) is 0.721. The summed E-state index contributed by atoms with van der Waals surface area (Å²) < 4.78 is 0.795. The van der Waals surface area contributed by atoms with Crippen molar-refractivity contribution in [3.05, 3.63) is 11.1 Å². The lowest BCUT2D eigenvalue weighted by atomic mass is 9.88. The van der Waals surface area contributed by atoms with Crippen LogP contribution in [0, 0.1) is 11.8 Å². The molecular formula is C12H23BrN2O. The van der Waals surface area contributed by atoms with Gasteiger partial charge >= 0.3 is 0 Å². The van der Waals surface area contributed by atoms with E-state index < -0.39 is 0 Å². The van der Waals surface area contributed by atoms with Crippen LogP contribution in [0.15, 0.2) is 11.1 Å². The zero-order valence-electron chi connectivity index (χ0n) is 10.3. The largest absolute Gasteiger partial charge is 0.352 e. The maximum Gasteiger partial charge on any atom is 0.220 e. The Morgan fingerprint density at radius 1 is 1.44 bits per heavy atom. The van der Waals surface area contributed by atoms with Crippen LogP contribution >= 0.6 is 15.9 Å². The van der Waals surface area contributed by atoms with E-state index in [1.165, 1.54) is 0 Å². The first-order chi connectivity index (χ1) is 7.47. The molecule has 0 aliphatic carbocycles. The summed E-state index contributed by atoms with van der Waals surface area (Å²) >= 11 is 3.21. The van der Waals surface area contributed by atoms with Crippen LogP contribution in [0.2, 0.25) is 0 Å². The molecule has 3 nitrogen and oxygen atoms in total. The lowest BCUT2D eigenvalue weighted by Crippen LogP contribution is -2.25. The van der Waals surface area contributed by atoms with Gasteiger partial charge < -0.3 is 11.1 Å². The van der Waals surface area contributed by atoms with Crippen LogP contribution in [0.3, 0.4) is 0 Å². The topological polar surface area (TPSA) is 55.1 Å². The van der Waals surface area contributed by atoms with E-state index in [1.807, 2.05) is 0 Å². The average Bonchev–Trinajstić information content (AvgIpc) is 2.20. The van der Waals surface area contributed by atoms with Crippen LogP contribution in [-0.4, -0.2) is 19.0 Å². The van der Waals surface area contributed by atoms with Crippen LogP contribution < -0.4 is 11.1 Å². The van der Waals surface area contributed by atoms with Gasteiger partial charge in [0.1, 0.15) is 0 Å². The number of carbonyl (C=O) groups excluding carboxylic acids is 1. The van der Waals surface area contributed by atoms with Gasteiger partial charge in [-0.25, -0.2) is 0 Å². The molecule has 16 heavy (non-hydrogen) atoms. The molecule has 1 atom stereocenters. The van der Waals surface area contributed by atoms with Gasteiger partial charge in [-0.15, -0.1) is 0 Å². The van der Waals surface area contributed by atoms with E-state index in [-0.39, 0.29) is 5.91 Å². The third-order valence-corrected chi connectivity index (χ3v) is 2.98. The van der Waals surface area contributed by atoms with Crippen molar-refractivity contribution in [3.63, 3.8) is 0 Å².